The van der Waals surface area contributed by atoms with Gasteiger partial charge in [0.05, 0.1) is 10.2 Å². The number of halogens is 2. The van der Waals surface area contributed by atoms with E-state index < -0.39 is 0 Å². The lowest BCUT2D eigenvalue weighted by Gasteiger charge is -2.37. The molecule has 2 atom stereocenters. The van der Waals surface area contributed by atoms with Gasteiger partial charge in [-0.2, -0.15) is 0 Å². The van der Waals surface area contributed by atoms with Crippen LogP contribution in [0.2, 0.25) is 0 Å². The first-order valence-corrected chi connectivity index (χ1v) is 10.4. The molecule has 2 heterocycles. The average Bonchev–Trinajstić information content (AvgIpc) is 3.04. The zero-order valence-electron chi connectivity index (χ0n) is 14.6. The van der Waals surface area contributed by atoms with Crippen molar-refractivity contribution >= 4 is 45.7 Å². The van der Waals surface area contributed by atoms with Crippen LogP contribution in [0.4, 0.5) is 4.39 Å². The molecule has 0 bridgehead atoms. The quantitative estimate of drug-likeness (QED) is 0.516. The van der Waals surface area contributed by atoms with Crippen LogP contribution in [0.15, 0.2) is 52.9 Å². The average molecular weight is 409 g/mol. The number of thioether (sulfide) groups is 1. The maximum absolute atomic E-state index is 13.3. The van der Waals surface area contributed by atoms with E-state index in [4.69, 9.17) is 4.98 Å². The Morgan fingerprint density at radius 1 is 1.19 bits per heavy atom. The molecular formula is C20H22ClFN2S2. The molecule has 1 fully saturated rings. The Hall–Kier alpha value is -1.14. The SMILES string of the molecule is CN1CCC(c2ccc(F)cc2)C(CSc2nc3ccccc3s2)C1.Cl. The molecule has 26 heavy (non-hydrogen) atoms. The van der Waals surface area contributed by atoms with Gasteiger partial charge < -0.3 is 4.90 Å². The van der Waals surface area contributed by atoms with E-state index in [-0.39, 0.29) is 18.2 Å². The van der Waals surface area contributed by atoms with Crippen LogP contribution in [0, 0.1) is 11.7 Å². The van der Waals surface area contributed by atoms with E-state index in [2.05, 4.69) is 30.1 Å². The fourth-order valence-corrected chi connectivity index (χ4v) is 5.89. The van der Waals surface area contributed by atoms with Gasteiger partial charge in [0.25, 0.3) is 0 Å². The molecule has 0 spiro atoms. The minimum Gasteiger partial charge on any atom is -0.306 e. The molecule has 4 rings (SSSR count). The third-order valence-corrected chi connectivity index (χ3v) is 7.30. The zero-order valence-corrected chi connectivity index (χ0v) is 17.0. The van der Waals surface area contributed by atoms with E-state index in [9.17, 15) is 4.39 Å². The molecule has 1 aliphatic rings. The highest BCUT2D eigenvalue weighted by molar-refractivity contribution is 8.01. The highest BCUT2D eigenvalue weighted by Crippen LogP contribution is 2.38. The normalized spacial score (nSPS) is 20.8. The van der Waals surface area contributed by atoms with Crippen LogP contribution in [-0.4, -0.2) is 35.8 Å². The number of thiazole rings is 1. The highest BCUT2D eigenvalue weighted by Gasteiger charge is 2.29. The minimum atomic E-state index is -0.155. The van der Waals surface area contributed by atoms with Crippen LogP contribution in [0.25, 0.3) is 10.2 Å². The molecule has 6 heteroatoms. The van der Waals surface area contributed by atoms with E-state index in [1.807, 2.05) is 30.0 Å². The summed E-state index contributed by atoms with van der Waals surface area (Å²) in [5.74, 6) is 1.95. The molecule has 0 N–H and O–H groups in total. The smallest absolute Gasteiger partial charge is 0.151 e. The van der Waals surface area contributed by atoms with Gasteiger partial charge in [-0.15, -0.1) is 23.7 Å². The molecule has 1 aliphatic heterocycles. The third-order valence-electron chi connectivity index (χ3n) is 4.93. The molecule has 0 amide bonds. The lowest BCUT2D eigenvalue weighted by molar-refractivity contribution is 0.198. The molecule has 0 aliphatic carbocycles. The number of aromatic nitrogens is 1. The van der Waals surface area contributed by atoms with Gasteiger partial charge in [0.1, 0.15) is 5.82 Å². The van der Waals surface area contributed by atoms with Gasteiger partial charge in [0.15, 0.2) is 4.34 Å². The molecule has 2 aromatic carbocycles. The van der Waals surface area contributed by atoms with Crippen molar-refractivity contribution in [2.75, 3.05) is 25.9 Å². The Labute approximate surface area is 168 Å². The van der Waals surface area contributed by atoms with Crippen molar-refractivity contribution in [1.29, 1.82) is 0 Å². The van der Waals surface area contributed by atoms with Crippen molar-refractivity contribution in [1.82, 2.24) is 9.88 Å². The van der Waals surface area contributed by atoms with Gasteiger partial charge in [-0.1, -0.05) is 36.0 Å². The summed E-state index contributed by atoms with van der Waals surface area (Å²) >= 11 is 3.64. The van der Waals surface area contributed by atoms with Gasteiger partial charge in [0.2, 0.25) is 0 Å². The number of likely N-dealkylation sites (tertiary alicyclic amines) is 1. The standard InChI is InChI=1S/C20H21FN2S2.ClH/c1-23-11-10-17(14-6-8-16(21)9-7-14)15(12-23)13-24-20-22-18-4-2-3-5-19(18)25-20;/h2-9,15,17H,10-13H2,1H3;1H. The van der Waals surface area contributed by atoms with E-state index in [0.717, 1.165) is 35.1 Å². The first kappa shape index (κ1) is 19.6. The summed E-state index contributed by atoms with van der Waals surface area (Å²) in [4.78, 5) is 7.15. The second-order valence-corrected chi connectivity index (χ2v) is 9.03. The van der Waals surface area contributed by atoms with Crippen LogP contribution in [-0.2, 0) is 0 Å². The van der Waals surface area contributed by atoms with Crippen molar-refractivity contribution in [3.63, 3.8) is 0 Å². The number of hydrogen-bond acceptors (Lipinski definition) is 4. The molecule has 0 saturated carbocycles. The molecule has 0 radical (unpaired) electrons. The minimum absolute atomic E-state index is 0. The first-order valence-electron chi connectivity index (χ1n) is 8.61. The highest BCUT2D eigenvalue weighted by atomic mass is 35.5. The lowest BCUT2D eigenvalue weighted by Crippen LogP contribution is -2.38. The summed E-state index contributed by atoms with van der Waals surface area (Å²) in [7, 11) is 2.19. The van der Waals surface area contributed by atoms with E-state index in [1.165, 1.54) is 10.3 Å². The Bertz CT molecular complexity index is 819. The molecule has 3 aromatic rings. The van der Waals surface area contributed by atoms with E-state index >= 15 is 0 Å². The Morgan fingerprint density at radius 3 is 2.73 bits per heavy atom. The molecule has 2 unspecified atom stereocenters. The molecule has 1 saturated heterocycles. The Kier molecular flexibility index (Phi) is 6.56. The third kappa shape index (κ3) is 4.39. The predicted molar refractivity (Wildman–Crippen MR) is 112 cm³/mol. The van der Waals surface area contributed by atoms with Crippen molar-refractivity contribution in [2.24, 2.45) is 5.92 Å². The van der Waals surface area contributed by atoms with Crippen LogP contribution in [0.5, 0.6) is 0 Å². The molecular weight excluding hydrogens is 387 g/mol. The van der Waals surface area contributed by atoms with Crippen LogP contribution in [0.1, 0.15) is 17.9 Å². The zero-order chi connectivity index (χ0) is 17.2. The Morgan fingerprint density at radius 2 is 1.96 bits per heavy atom. The number of nitrogens with zero attached hydrogens (tertiary/aromatic N) is 2. The van der Waals surface area contributed by atoms with Crippen molar-refractivity contribution in [2.45, 2.75) is 16.7 Å². The second kappa shape index (κ2) is 8.70. The van der Waals surface area contributed by atoms with E-state index in [0.29, 0.717) is 11.8 Å². The topological polar surface area (TPSA) is 16.1 Å². The molecule has 1 aromatic heterocycles. The maximum Gasteiger partial charge on any atom is 0.151 e. The number of fused-ring (bicyclic) bond motifs is 1. The number of rotatable bonds is 4. The summed E-state index contributed by atoms with van der Waals surface area (Å²) in [6.45, 7) is 2.18. The van der Waals surface area contributed by atoms with Crippen molar-refractivity contribution < 1.29 is 4.39 Å². The predicted octanol–water partition coefficient (Wildman–Crippen LogP) is 5.68. The van der Waals surface area contributed by atoms with Gasteiger partial charge in [0, 0.05) is 12.3 Å². The van der Waals surface area contributed by atoms with Gasteiger partial charge >= 0.3 is 0 Å². The van der Waals surface area contributed by atoms with Gasteiger partial charge in [-0.05, 0) is 61.7 Å². The fourth-order valence-electron chi connectivity index (χ4n) is 3.62. The summed E-state index contributed by atoms with van der Waals surface area (Å²) in [5, 5.41) is 0. The van der Waals surface area contributed by atoms with E-state index in [1.54, 1.807) is 23.5 Å². The van der Waals surface area contributed by atoms with Gasteiger partial charge in [-0.25, -0.2) is 9.37 Å². The summed E-state index contributed by atoms with van der Waals surface area (Å²) in [6, 6.07) is 15.4. The van der Waals surface area contributed by atoms with Crippen LogP contribution < -0.4 is 0 Å². The monoisotopic (exact) mass is 408 g/mol. The molecule has 138 valence electrons. The summed E-state index contributed by atoms with van der Waals surface area (Å²) in [6.07, 6.45) is 1.13. The summed E-state index contributed by atoms with van der Waals surface area (Å²) < 4.78 is 15.7. The largest absolute Gasteiger partial charge is 0.306 e. The molecule has 2 nitrogen and oxygen atoms in total. The summed E-state index contributed by atoms with van der Waals surface area (Å²) in [5.41, 5.74) is 2.36. The second-order valence-electron chi connectivity index (χ2n) is 6.73. The Balaban J connectivity index is 0.00000196. The van der Waals surface area contributed by atoms with Crippen LogP contribution >= 0.6 is 35.5 Å². The first-order chi connectivity index (χ1) is 12.2. The van der Waals surface area contributed by atoms with Crippen LogP contribution in [0.3, 0.4) is 0 Å². The van der Waals surface area contributed by atoms with Gasteiger partial charge in [-0.3, -0.25) is 0 Å². The fraction of sp³-hybridized carbons (Fsp3) is 0.350. The van der Waals surface area contributed by atoms with Crippen molar-refractivity contribution in [3.8, 4) is 0 Å². The number of para-hydroxylation sites is 1. The number of piperidine rings is 1. The lowest BCUT2D eigenvalue weighted by atomic mass is 9.81. The number of hydrogen-bond donors (Lipinski definition) is 0. The van der Waals surface area contributed by atoms with Crippen molar-refractivity contribution in [3.05, 3.63) is 59.9 Å². The maximum atomic E-state index is 13.3. The number of benzene rings is 2.